The number of sulfone groups is 1. The molecule has 0 spiro atoms. The fourth-order valence-electron chi connectivity index (χ4n) is 3.50. The molecule has 146 valence electrons. The van der Waals surface area contributed by atoms with Gasteiger partial charge in [-0.15, -0.1) is 0 Å². The number of nitrogens with one attached hydrogen (secondary N) is 1. The normalized spacial score (nSPS) is 18.3. The van der Waals surface area contributed by atoms with Crippen LogP contribution in [0.4, 0.5) is 0 Å². The van der Waals surface area contributed by atoms with Crippen LogP contribution in [0.2, 0.25) is 0 Å². The van der Waals surface area contributed by atoms with Gasteiger partial charge in [0.1, 0.15) is 0 Å². The van der Waals surface area contributed by atoms with E-state index in [0.29, 0.717) is 17.9 Å². The van der Waals surface area contributed by atoms with Gasteiger partial charge in [-0.2, -0.15) is 0 Å². The van der Waals surface area contributed by atoms with E-state index in [9.17, 15) is 13.2 Å². The second kappa shape index (κ2) is 10.7. The number of benzene rings is 1. The fourth-order valence-corrected chi connectivity index (χ4v) is 5.09. The predicted molar refractivity (Wildman–Crippen MR) is 106 cm³/mol. The van der Waals surface area contributed by atoms with Crippen LogP contribution in [0, 0.1) is 5.92 Å². The van der Waals surface area contributed by atoms with Crippen molar-refractivity contribution in [3.63, 3.8) is 0 Å². The van der Waals surface area contributed by atoms with Crippen LogP contribution in [-0.2, 0) is 21.1 Å². The summed E-state index contributed by atoms with van der Waals surface area (Å²) in [7, 11) is -3.42. The minimum atomic E-state index is -3.42. The first kappa shape index (κ1) is 20.9. The molecule has 0 bridgehead atoms. The maximum atomic E-state index is 12.7. The van der Waals surface area contributed by atoms with Gasteiger partial charge < -0.3 is 5.32 Å². The molecule has 0 radical (unpaired) electrons. The van der Waals surface area contributed by atoms with Crippen LogP contribution < -0.4 is 5.32 Å². The zero-order valence-corrected chi connectivity index (χ0v) is 16.8. The molecular formula is C21H33NO3S. The molecule has 1 heterocycles. The summed E-state index contributed by atoms with van der Waals surface area (Å²) in [6.07, 6.45) is 11.0. The SMILES string of the molecule is CCCCCCCCc1ccc(S(=O)(=O)C[C@H]2CCCCNC2=O)cc1. The van der Waals surface area contributed by atoms with Crippen LogP contribution in [0.3, 0.4) is 0 Å². The summed E-state index contributed by atoms with van der Waals surface area (Å²) < 4.78 is 25.3. The highest BCUT2D eigenvalue weighted by atomic mass is 32.2. The molecular weight excluding hydrogens is 346 g/mol. The highest BCUT2D eigenvalue weighted by molar-refractivity contribution is 7.91. The van der Waals surface area contributed by atoms with Gasteiger partial charge in [0.15, 0.2) is 9.84 Å². The lowest BCUT2D eigenvalue weighted by Gasteiger charge is -2.13. The smallest absolute Gasteiger partial charge is 0.224 e. The summed E-state index contributed by atoms with van der Waals surface area (Å²) in [6.45, 7) is 2.88. The summed E-state index contributed by atoms with van der Waals surface area (Å²) >= 11 is 0. The van der Waals surface area contributed by atoms with E-state index in [1.807, 2.05) is 12.1 Å². The third-order valence-corrected chi connectivity index (χ3v) is 7.00. The van der Waals surface area contributed by atoms with Crippen molar-refractivity contribution in [2.75, 3.05) is 12.3 Å². The third kappa shape index (κ3) is 6.75. The maximum Gasteiger partial charge on any atom is 0.224 e. The number of aryl methyl sites for hydroxylation is 1. The molecule has 1 N–H and O–H groups in total. The first-order chi connectivity index (χ1) is 12.5. The van der Waals surface area contributed by atoms with E-state index in [4.69, 9.17) is 0 Å². The summed E-state index contributed by atoms with van der Waals surface area (Å²) in [5.74, 6) is -0.633. The van der Waals surface area contributed by atoms with Gasteiger partial charge in [-0.1, -0.05) is 57.6 Å². The minimum Gasteiger partial charge on any atom is -0.356 e. The number of carbonyl (C=O) groups excluding carboxylic acids is 1. The highest BCUT2D eigenvalue weighted by Crippen LogP contribution is 2.21. The second-order valence-corrected chi connectivity index (χ2v) is 9.46. The average molecular weight is 380 g/mol. The molecule has 1 saturated heterocycles. The fraction of sp³-hybridized carbons (Fsp3) is 0.667. The molecule has 0 unspecified atom stereocenters. The van der Waals surface area contributed by atoms with Gasteiger partial charge in [-0.3, -0.25) is 4.79 Å². The summed E-state index contributed by atoms with van der Waals surface area (Å²) in [5.41, 5.74) is 1.19. The Bertz CT molecular complexity index is 652. The van der Waals surface area contributed by atoms with E-state index in [2.05, 4.69) is 12.2 Å². The lowest BCUT2D eigenvalue weighted by atomic mass is 10.1. The lowest BCUT2D eigenvalue weighted by molar-refractivity contribution is -0.124. The summed E-state index contributed by atoms with van der Waals surface area (Å²) in [5, 5.41) is 2.82. The topological polar surface area (TPSA) is 63.2 Å². The van der Waals surface area contributed by atoms with Crippen LogP contribution in [0.25, 0.3) is 0 Å². The second-order valence-electron chi connectivity index (χ2n) is 7.43. The molecule has 0 saturated carbocycles. The first-order valence-electron chi connectivity index (χ1n) is 10.1. The Morgan fingerprint density at radius 2 is 1.69 bits per heavy atom. The molecule has 5 heteroatoms. The Labute approximate surface area is 158 Å². The number of amides is 1. The van der Waals surface area contributed by atoms with Crippen LogP contribution in [0.5, 0.6) is 0 Å². The van der Waals surface area contributed by atoms with E-state index in [1.54, 1.807) is 12.1 Å². The minimum absolute atomic E-state index is 0.0877. The molecule has 1 aliphatic heterocycles. The number of carbonyl (C=O) groups is 1. The Kier molecular flexibility index (Phi) is 8.63. The molecule has 2 rings (SSSR count). The van der Waals surface area contributed by atoms with E-state index in [-0.39, 0.29) is 11.7 Å². The van der Waals surface area contributed by atoms with Crippen LogP contribution in [-0.4, -0.2) is 26.6 Å². The summed E-state index contributed by atoms with van der Waals surface area (Å²) in [4.78, 5) is 12.3. The zero-order chi connectivity index (χ0) is 18.8. The Hall–Kier alpha value is -1.36. The number of unbranched alkanes of at least 4 members (excludes halogenated alkanes) is 5. The van der Waals surface area contributed by atoms with Gasteiger partial charge in [0.05, 0.1) is 16.6 Å². The number of rotatable bonds is 10. The molecule has 1 aromatic rings. The molecule has 1 aromatic carbocycles. The lowest BCUT2D eigenvalue weighted by Crippen LogP contribution is -2.33. The molecule has 0 aliphatic carbocycles. The van der Waals surface area contributed by atoms with E-state index < -0.39 is 15.8 Å². The van der Waals surface area contributed by atoms with Crippen molar-refractivity contribution in [2.45, 2.75) is 76.0 Å². The van der Waals surface area contributed by atoms with Crippen molar-refractivity contribution in [1.82, 2.24) is 5.32 Å². The van der Waals surface area contributed by atoms with Crippen molar-refractivity contribution < 1.29 is 13.2 Å². The molecule has 26 heavy (non-hydrogen) atoms. The van der Waals surface area contributed by atoms with Crippen molar-refractivity contribution in [3.8, 4) is 0 Å². The standard InChI is InChI=1S/C21H33NO3S/c1-2-3-4-5-6-7-10-18-12-14-20(15-13-18)26(24,25)17-19-11-8-9-16-22-21(19)23/h12-15,19H,2-11,16-17H2,1H3,(H,22,23)/t19-/m1/s1. The third-order valence-electron chi connectivity index (χ3n) is 5.17. The van der Waals surface area contributed by atoms with Gasteiger partial charge in [-0.05, 0) is 43.4 Å². The van der Waals surface area contributed by atoms with Crippen molar-refractivity contribution in [3.05, 3.63) is 29.8 Å². The van der Waals surface area contributed by atoms with Gasteiger partial charge in [0, 0.05) is 6.54 Å². The zero-order valence-electron chi connectivity index (χ0n) is 16.0. The van der Waals surface area contributed by atoms with E-state index in [0.717, 1.165) is 25.7 Å². The van der Waals surface area contributed by atoms with Gasteiger partial charge in [0.25, 0.3) is 0 Å². The Morgan fingerprint density at radius 1 is 1.00 bits per heavy atom. The van der Waals surface area contributed by atoms with Crippen LogP contribution in [0.15, 0.2) is 29.2 Å². The molecule has 1 amide bonds. The van der Waals surface area contributed by atoms with Crippen molar-refractivity contribution in [1.29, 1.82) is 0 Å². The quantitative estimate of drug-likeness (QED) is 0.617. The first-order valence-corrected chi connectivity index (χ1v) is 11.8. The average Bonchev–Trinajstić information content (AvgIpc) is 2.83. The summed E-state index contributed by atoms with van der Waals surface area (Å²) in [6, 6.07) is 7.25. The molecule has 1 fully saturated rings. The Balaban J connectivity index is 1.86. The number of hydrogen-bond acceptors (Lipinski definition) is 3. The van der Waals surface area contributed by atoms with E-state index >= 15 is 0 Å². The van der Waals surface area contributed by atoms with Crippen molar-refractivity contribution in [2.24, 2.45) is 5.92 Å². The van der Waals surface area contributed by atoms with Gasteiger partial charge in [-0.25, -0.2) is 8.42 Å². The molecule has 4 nitrogen and oxygen atoms in total. The Morgan fingerprint density at radius 3 is 2.42 bits per heavy atom. The van der Waals surface area contributed by atoms with Crippen LogP contribution >= 0.6 is 0 Å². The van der Waals surface area contributed by atoms with Crippen molar-refractivity contribution >= 4 is 15.7 Å². The van der Waals surface area contributed by atoms with E-state index in [1.165, 1.54) is 37.7 Å². The predicted octanol–water partition coefficient (Wildman–Crippen LogP) is 4.28. The maximum absolute atomic E-state index is 12.7. The number of hydrogen-bond donors (Lipinski definition) is 1. The highest BCUT2D eigenvalue weighted by Gasteiger charge is 2.27. The van der Waals surface area contributed by atoms with Crippen LogP contribution in [0.1, 0.15) is 70.3 Å². The molecule has 1 aliphatic rings. The monoisotopic (exact) mass is 379 g/mol. The van der Waals surface area contributed by atoms with Gasteiger partial charge >= 0.3 is 0 Å². The molecule has 0 aromatic heterocycles. The molecule has 1 atom stereocenters. The van der Waals surface area contributed by atoms with Gasteiger partial charge in [0.2, 0.25) is 5.91 Å². The largest absolute Gasteiger partial charge is 0.356 e.